The van der Waals surface area contributed by atoms with Crippen molar-refractivity contribution in [3.8, 4) is 11.3 Å². The van der Waals surface area contributed by atoms with Crippen LogP contribution in [-0.2, 0) is 4.74 Å². The number of nitrogen functional groups attached to an aromatic ring is 1. The van der Waals surface area contributed by atoms with Gasteiger partial charge in [-0.2, -0.15) is 0 Å². The first-order chi connectivity index (χ1) is 17.1. The lowest BCUT2D eigenvalue weighted by Crippen LogP contribution is -2.36. The van der Waals surface area contributed by atoms with Crippen LogP contribution in [-0.4, -0.2) is 31.3 Å². The van der Waals surface area contributed by atoms with Crippen molar-refractivity contribution in [1.29, 1.82) is 0 Å². The number of hydrogen-bond donors (Lipinski definition) is 3. The molecule has 1 fully saturated rings. The van der Waals surface area contributed by atoms with Crippen molar-refractivity contribution in [1.82, 2.24) is 4.98 Å². The van der Waals surface area contributed by atoms with E-state index in [1.165, 1.54) is 14.7 Å². The summed E-state index contributed by atoms with van der Waals surface area (Å²) in [5.74, 6) is 0. The van der Waals surface area contributed by atoms with Crippen LogP contribution >= 0.6 is 23.5 Å². The number of fused-ring (bicyclic) bond motifs is 2. The van der Waals surface area contributed by atoms with Crippen LogP contribution in [0.15, 0.2) is 97.2 Å². The molecule has 0 spiro atoms. The van der Waals surface area contributed by atoms with E-state index in [0.717, 1.165) is 52.0 Å². The fourth-order valence-corrected chi connectivity index (χ4v) is 6.75. The number of nitrogens with one attached hydrogen (secondary N) is 2. The van der Waals surface area contributed by atoms with Crippen molar-refractivity contribution >= 4 is 46.3 Å². The van der Waals surface area contributed by atoms with Gasteiger partial charge in [0.25, 0.3) is 0 Å². The number of pyridine rings is 1. The second-order valence-corrected chi connectivity index (χ2v) is 10.6. The number of rotatable bonds is 4. The van der Waals surface area contributed by atoms with Crippen molar-refractivity contribution in [2.75, 3.05) is 42.3 Å². The number of morpholine rings is 1. The highest BCUT2D eigenvalue weighted by molar-refractivity contribution is 8.05. The molecule has 0 aliphatic carbocycles. The van der Waals surface area contributed by atoms with Crippen LogP contribution in [0, 0.1) is 0 Å². The Labute approximate surface area is 211 Å². The van der Waals surface area contributed by atoms with Gasteiger partial charge in [-0.05, 0) is 42.5 Å². The van der Waals surface area contributed by atoms with Crippen molar-refractivity contribution in [3.63, 3.8) is 0 Å². The molecule has 0 amide bonds. The molecular formula is C27H24N4O2S2. The van der Waals surface area contributed by atoms with Gasteiger partial charge in [-0.25, -0.2) is 0 Å². The van der Waals surface area contributed by atoms with Crippen LogP contribution < -0.4 is 21.5 Å². The molecule has 35 heavy (non-hydrogen) atoms. The Morgan fingerprint density at radius 2 is 1.74 bits per heavy atom. The van der Waals surface area contributed by atoms with Gasteiger partial charge in [0.05, 0.1) is 30.3 Å². The third-order valence-electron chi connectivity index (χ3n) is 6.09. The Bertz CT molecular complexity index is 1460. The zero-order valence-electron chi connectivity index (χ0n) is 18.9. The van der Waals surface area contributed by atoms with Gasteiger partial charge in [0.1, 0.15) is 0 Å². The zero-order chi connectivity index (χ0) is 23.8. The predicted molar refractivity (Wildman–Crippen MR) is 144 cm³/mol. The number of ether oxygens (including phenoxy) is 1. The third kappa shape index (κ3) is 4.52. The van der Waals surface area contributed by atoms with Gasteiger partial charge in [-0.15, -0.1) is 0 Å². The summed E-state index contributed by atoms with van der Waals surface area (Å²) in [7, 11) is 0. The van der Waals surface area contributed by atoms with E-state index in [-0.39, 0.29) is 5.56 Å². The van der Waals surface area contributed by atoms with Crippen molar-refractivity contribution in [2.45, 2.75) is 19.6 Å². The molecule has 4 aromatic rings. The standard InChI is InChI=1S/C27H24N4O2S2/c28-20-5-1-2-6-21(20)29-17-8-9-23-25(14-17)34-24-7-3-4-19(27(24)35-23)22-15-18(16-26(32)30-22)31-10-12-33-13-11-31/h1-9,14-16,29H,10-13,28H2,(H,30,32). The van der Waals surface area contributed by atoms with E-state index in [0.29, 0.717) is 13.2 Å². The van der Waals surface area contributed by atoms with Gasteiger partial charge in [0.2, 0.25) is 5.56 Å². The molecule has 0 radical (unpaired) electrons. The summed E-state index contributed by atoms with van der Waals surface area (Å²) in [6, 6.07) is 24.2. The fourth-order valence-electron chi connectivity index (χ4n) is 4.34. The molecule has 0 saturated carbocycles. The van der Waals surface area contributed by atoms with Gasteiger partial charge in [-0.3, -0.25) is 4.79 Å². The molecular weight excluding hydrogens is 476 g/mol. The SMILES string of the molecule is Nc1ccccc1Nc1ccc2c(c1)Sc1cccc(-c3cc(N4CCOCC4)cc(=O)[nH]3)c1S2. The summed E-state index contributed by atoms with van der Waals surface area (Å²) in [4.78, 5) is 22.5. The van der Waals surface area contributed by atoms with Gasteiger partial charge >= 0.3 is 0 Å². The van der Waals surface area contributed by atoms with E-state index >= 15 is 0 Å². The van der Waals surface area contributed by atoms with Crippen molar-refractivity contribution in [3.05, 3.63) is 83.2 Å². The molecule has 8 heteroatoms. The second-order valence-electron chi connectivity index (χ2n) is 8.43. The van der Waals surface area contributed by atoms with E-state index in [1.54, 1.807) is 29.6 Å². The van der Waals surface area contributed by atoms with Gasteiger partial charge < -0.3 is 25.7 Å². The normalized spacial score (nSPS) is 14.8. The number of H-pyrrole nitrogens is 1. The Balaban J connectivity index is 1.32. The molecule has 1 aromatic heterocycles. The first-order valence-corrected chi connectivity index (χ1v) is 13.1. The topological polar surface area (TPSA) is 83.4 Å². The Hall–Kier alpha value is -3.33. The van der Waals surface area contributed by atoms with Gasteiger partial charge in [0, 0.05) is 55.7 Å². The zero-order valence-corrected chi connectivity index (χ0v) is 20.5. The molecule has 176 valence electrons. The summed E-state index contributed by atoms with van der Waals surface area (Å²) < 4.78 is 5.48. The maximum absolute atomic E-state index is 12.6. The first kappa shape index (κ1) is 22.2. The van der Waals surface area contributed by atoms with Crippen LogP contribution in [0.5, 0.6) is 0 Å². The number of nitrogens with two attached hydrogens (primary N) is 1. The molecule has 6 nitrogen and oxygen atoms in total. The summed E-state index contributed by atoms with van der Waals surface area (Å²) in [5, 5.41) is 3.43. The van der Waals surface area contributed by atoms with Crippen LogP contribution in [0.3, 0.4) is 0 Å². The summed E-state index contributed by atoms with van der Waals surface area (Å²) >= 11 is 3.49. The monoisotopic (exact) mass is 500 g/mol. The summed E-state index contributed by atoms with van der Waals surface area (Å²) in [6.07, 6.45) is 0. The summed E-state index contributed by atoms with van der Waals surface area (Å²) in [5.41, 5.74) is 11.4. The highest BCUT2D eigenvalue weighted by atomic mass is 32.2. The Morgan fingerprint density at radius 1 is 0.886 bits per heavy atom. The van der Waals surface area contributed by atoms with E-state index in [4.69, 9.17) is 10.5 Å². The number of nitrogens with zero attached hydrogens (tertiary/aromatic N) is 1. The van der Waals surface area contributed by atoms with E-state index in [2.05, 4.69) is 57.7 Å². The highest BCUT2D eigenvalue weighted by Crippen LogP contribution is 2.52. The number of hydrogen-bond acceptors (Lipinski definition) is 7. The molecule has 2 aliphatic heterocycles. The summed E-state index contributed by atoms with van der Waals surface area (Å²) in [6.45, 7) is 2.94. The lowest BCUT2D eigenvalue weighted by molar-refractivity contribution is 0.122. The fraction of sp³-hybridized carbons (Fsp3) is 0.148. The quantitative estimate of drug-likeness (QED) is 0.268. The molecule has 0 bridgehead atoms. The molecule has 3 aromatic carbocycles. The second kappa shape index (κ2) is 9.37. The smallest absolute Gasteiger partial charge is 0.250 e. The number of benzene rings is 3. The average molecular weight is 501 g/mol. The third-order valence-corrected chi connectivity index (χ3v) is 8.69. The maximum Gasteiger partial charge on any atom is 0.250 e. The first-order valence-electron chi connectivity index (χ1n) is 11.5. The number of aromatic nitrogens is 1. The minimum Gasteiger partial charge on any atom is -0.397 e. The Kier molecular flexibility index (Phi) is 5.93. The van der Waals surface area contributed by atoms with E-state index in [9.17, 15) is 4.79 Å². The maximum atomic E-state index is 12.6. The molecule has 3 heterocycles. The number of anilines is 4. The lowest BCUT2D eigenvalue weighted by atomic mass is 10.1. The minimum absolute atomic E-state index is 0.0913. The average Bonchev–Trinajstić information content (AvgIpc) is 2.88. The predicted octanol–water partition coefficient (Wildman–Crippen LogP) is 5.82. The Morgan fingerprint density at radius 3 is 2.60 bits per heavy atom. The molecule has 6 rings (SSSR count). The molecule has 1 saturated heterocycles. The van der Waals surface area contributed by atoms with Crippen LogP contribution in [0.2, 0.25) is 0 Å². The largest absolute Gasteiger partial charge is 0.397 e. The lowest BCUT2D eigenvalue weighted by Gasteiger charge is -2.29. The van der Waals surface area contributed by atoms with Crippen LogP contribution in [0.25, 0.3) is 11.3 Å². The highest BCUT2D eigenvalue weighted by Gasteiger charge is 2.22. The number of aromatic amines is 1. The van der Waals surface area contributed by atoms with Gasteiger partial charge in [0.15, 0.2) is 0 Å². The molecule has 2 aliphatic rings. The van der Waals surface area contributed by atoms with Crippen molar-refractivity contribution < 1.29 is 4.74 Å². The minimum atomic E-state index is -0.0913. The van der Waals surface area contributed by atoms with Crippen molar-refractivity contribution in [2.24, 2.45) is 0 Å². The van der Waals surface area contributed by atoms with E-state index < -0.39 is 0 Å². The van der Waals surface area contributed by atoms with Crippen LogP contribution in [0.4, 0.5) is 22.7 Å². The van der Waals surface area contributed by atoms with E-state index in [1.807, 2.05) is 24.3 Å². The molecule has 4 N–H and O–H groups in total. The number of para-hydroxylation sites is 2. The molecule has 0 atom stereocenters. The molecule has 0 unspecified atom stereocenters. The van der Waals surface area contributed by atoms with Gasteiger partial charge in [-0.1, -0.05) is 47.8 Å². The van der Waals surface area contributed by atoms with Crippen LogP contribution in [0.1, 0.15) is 0 Å².